The quantitative estimate of drug-likeness (QED) is 0.348. The average molecular weight is 318 g/mol. The van der Waals surface area contributed by atoms with Crippen LogP contribution in [0.1, 0.15) is 46.5 Å². The standard InChI is InChI=1S/C16H35NO3Si/c1-7-9-13(3)15(18)17-14(10-8-2)16(19)20-11-12-21(4,5)6/h13-15,17-18H,7-12H2,1-6H3. The Morgan fingerprint density at radius 2 is 1.76 bits per heavy atom. The summed E-state index contributed by atoms with van der Waals surface area (Å²) >= 11 is 0. The molecule has 0 heterocycles. The Morgan fingerprint density at radius 3 is 2.24 bits per heavy atom. The Morgan fingerprint density at radius 1 is 1.19 bits per heavy atom. The minimum Gasteiger partial charge on any atom is -0.465 e. The molecule has 0 aromatic rings. The number of ether oxygens (including phenoxy) is 1. The predicted molar refractivity (Wildman–Crippen MR) is 91.0 cm³/mol. The maximum Gasteiger partial charge on any atom is 0.323 e. The second-order valence-corrected chi connectivity index (χ2v) is 12.8. The Labute approximate surface area is 131 Å². The first-order chi connectivity index (χ1) is 9.71. The summed E-state index contributed by atoms with van der Waals surface area (Å²) in [6, 6.07) is 0.581. The normalized spacial score (nSPS) is 16.3. The molecule has 3 unspecified atom stereocenters. The van der Waals surface area contributed by atoms with Gasteiger partial charge in [0.25, 0.3) is 0 Å². The van der Waals surface area contributed by atoms with E-state index >= 15 is 0 Å². The molecule has 3 atom stereocenters. The van der Waals surface area contributed by atoms with Crippen molar-refractivity contribution in [3.05, 3.63) is 0 Å². The summed E-state index contributed by atoms with van der Waals surface area (Å²) in [6.07, 6.45) is 2.90. The molecule has 4 nitrogen and oxygen atoms in total. The Balaban J connectivity index is 4.35. The Bertz CT molecular complexity index is 292. The first-order valence-corrected chi connectivity index (χ1v) is 12.0. The molecule has 0 aliphatic heterocycles. The zero-order valence-corrected chi connectivity index (χ0v) is 15.7. The molecule has 0 saturated heterocycles. The average Bonchev–Trinajstić information content (AvgIpc) is 2.36. The predicted octanol–water partition coefficient (Wildman–Crippen LogP) is 3.38. The van der Waals surface area contributed by atoms with E-state index in [1.807, 2.05) is 13.8 Å². The van der Waals surface area contributed by atoms with Crippen molar-refractivity contribution in [1.82, 2.24) is 5.32 Å². The lowest BCUT2D eigenvalue weighted by Crippen LogP contribution is -2.47. The summed E-state index contributed by atoms with van der Waals surface area (Å²) in [5, 5.41) is 13.2. The minimum atomic E-state index is -1.18. The Hall–Kier alpha value is -0.393. The van der Waals surface area contributed by atoms with Gasteiger partial charge in [-0.15, -0.1) is 0 Å². The van der Waals surface area contributed by atoms with Gasteiger partial charge in [0.15, 0.2) is 0 Å². The third-order valence-corrected chi connectivity index (χ3v) is 5.32. The van der Waals surface area contributed by atoms with Gasteiger partial charge in [0, 0.05) is 8.07 Å². The highest BCUT2D eigenvalue weighted by molar-refractivity contribution is 6.76. The van der Waals surface area contributed by atoms with Crippen molar-refractivity contribution >= 4 is 14.0 Å². The van der Waals surface area contributed by atoms with Crippen LogP contribution in [0.15, 0.2) is 0 Å². The lowest BCUT2D eigenvalue weighted by Gasteiger charge is -2.25. The second kappa shape index (κ2) is 10.4. The van der Waals surface area contributed by atoms with Crippen LogP contribution in [-0.2, 0) is 9.53 Å². The molecule has 21 heavy (non-hydrogen) atoms. The summed E-state index contributed by atoms with van der Waals surface area (Å²) in [6.45, 7) is 13.4. The molecule has 126 valence electrons. The van der Waals surface area contributed by atoms with Crippen molar-refractivity contribution in [3.8, 4) is 0 Å². The van der Waals surface area contributed by atoms with Crippen LogP contribution >= 0.6 is 0 Å². The number of rotatable bonds is 11. The van der Waals surface area contributed by atoms with Crippen LogP contribution < -0.4 is 5.32 Å². The molecular formula is C16H35NO3Si. The molecule has 0 aliphatic rings. The highest BCUT2D eigenvalue weighted by Gasteiger charge is 2.24. The maximum atomic E-state index is 12.2. The number of esters is 1. The number of carbonyl (C=O) groups excluding carboxylic acids is 1. The van der Waals surface area contributed by atoms with E-state index in [9.17, 15) is 9.90 Å². The fraction of sp³-hybridized carbons (Fsp3) is 0.938. The van der Waals surface area contributed by atoms with E-state index in [0.717, 1.165) is 25.3 Å². The van der Waals surface area contributed by atoms with E-state index in [1.54, 1.807) is 0 Å². The molecule has 0 radical (unpaired) electrons. The number of carbonyl (C=O) groups is 1. The van der Waals surface area contributed by atoms with Gasteiger partial charge in [-0.3, -0.25) is 10.1 Å². The molecule has 0 aliphatic carbocycles. The third-order valence-electron chi connectivity index (χ3n) is 3.61. The van der Waals surface area contributed by atoms with Crippen LogP contribution in [0.3, 0.4) is 0 Å². The molecule has 0 spiro atoms. The van der Waals surface area contributed by atoms with Gasteiger partial charge in [-0.2, -0.15) is 0 Å². The summed E-state index contributed by atoms with van der Waals surface area (Å²) < 4.78 is 5.40. The molecule has 0 amide bonds. The lowest BCUT2D eigenvalue weighted by molar-refractivity contribution is -0.147. The van der Waals surface area contributed by atoms with Gasteiger partial charge in [0.1, 0.15) is 12.3 Å². The van der Waals surface area contributed by atoms with E-state index < -0.39 is 20.3 Å². The number of hydrogen-bond acceptors (Lipinski definition) is 4. The van der Waals surface area contributed by atoms with Crippen molar-refractivity contribution < 1.29 is 14.6 Å². The van der Waals surface area contributed by atoms with Crippen LogP contribution in [0.4, 0.5) is 0 Å². The highest BCUT2D eigenvalue weighted by atomic mass is 28.3. The van der Waals surface area contributed by atoms with E-state index in [4.69, 9.17) is 4.74 Å². The third kappa shape index (κ3) is 10.0. The number of hydrogen-bond donors (Lipinski definition) is 2. The monoisotopic (exact) mass is 317 g/mol. The Kier molecular flexibility index (Phi) is 10.2. The summed E-state index contributed by atoms with van der Waals surface area (Å²) in [7, 11) is -1.18. The van der Waals surface area contributed by atoms with Gasteiger partial charge in [0.05, 0.1) is 6.61 Å². The summed E-state index contributed by atoms with van der Waals surface area (Å²) in [5.74, 6) is -0.0815. The topological polar surface area (TPSA) is 58.6 Å². The van der Waals surface area contributed by atoms with E-state index in [1.165, 1.54) is 0 Å². The van der Waals surface area contributed by atoms with Crippen molar-refractivity contribution in [2.75, 3.05) is 6.61 Å². The van der Waals surface area contributed by atoms with E-state index in [2.05, 4.69) is 31.9 Å². The van der Waals surface area contributed by atoms with Crippen molar-refractivity contribution in [2.45, 2.75) is 84.4 Å². The van der Waals surface area contributed by atoms with Crippen molar-refractivity contribution in [1.29, 1.82) is 0 Å². The van der Waals surface area contributed by atoms with Gasteiger partial charge < -0.3 is 9.84 Å². The minimum absolute atomic E-state index is 0.143. The van der Waals surface area contributed by atoms with Crippen LogP contribution in [0.2, 0.25) is 25.7 Å². The van der Waals surface area contributed by atoms with Crippen LogP contribution in [0, 0.1) is 5.92 Å². The fourth-order valence-corrected chi connectivity index (χ4v) is 2.81. The van der Waals surface area contributed by atoms with Crippen LogP contribution in [-0.4, -0.2) is 38.0 Å². The van der Waals surface area contributed by atoms with Crippen molar-refractivity contribution in [2.24, 2.45) is 5.92 Å². The largest absolute Gasteiger partial charge is 0.465 e. The van der Waals surface area contributed by atoms with Gasteiger partial charge in [-0.1, -0.05) is 53.3 Å². The second-order valence-electron chi connectivity index (χ2n) is 7.20. The van der Waals surface area contributed by atoms with Crippen LogP contribution in [0.25, 0.3) is 0 Å². The van der Waals surface area contributed by atoms with Crippen molar-refractivity contribution in [3.63, 3.8) is 0 Å². The molecule has 5 heteroatoms. The molecular weight excluding hydrogens is 282 g/mol. The van der Waals surface area contributed by atoms with Gasteiger partial charge in [0.2, 0.25) is 0 Å². The molecule has 0 bridgehead atoms. The van der Waals surface area contributed by atoms with Gasteiger partial charge in [-0.05, 0) is 24.8 Å². The molecule has 0 rings (SSSR count). The fourth-order valence-electron chi connectivity index (χ4n) is 2.10. The lowest BCUT2D eigenvalue weighted by atomic mass is 10.0. The molecule has 2 N–H and O–H groups in total. The zero-order chi connectivity index (χ0) is 16.5. The van der Waals surface area contributed by atoms with E-state index in [0.29, 0.717) is 13.0 Å². The SMILES string of the molecule is CCCC(NC(O)C(C)CCC)C(=O)OCC[Si](C)(C)C. The molecule has 0 aromatic heterocycles. The number of nitrogens with one attached hydrogen (secondary N) is 1. The zero-order valence-electron chi connectivity index (χ0n) is 14.7. The van der Waals surface area contributed by atoms with Gasteiger partial charge in [-0.25, -0.2) is 0 Å². The summed E-state index contributed by atoms with van der Waals surface area (Å²) in [5.41, 5.74) is 0. The van der Waals surface area contributed by atoms with Gasteiger partial charge >= 0.3 is 5.97 Å². The van der Waals surface area contributed by atoms with Crippen LogP contribution in [0.5, 0.6) is 0 Å². The molecule has 0 saturated carbocycles. The smallest absolute Gasteiger partial charge is 0.323 e. The summed E-state index contributed by atoms with van der Waals surface area (Å²) in [4.78, 5) is 12.2. The molecule has 0 aromatic carbocycles. The highest BCUT2D eigenvalue weighted by Crippen LogP contribution is 2.12. The number of aliphatic hydroxyl groups excluding tert-OH is 1. The van der Waals surface area contributed by atoms with E-state index in [-0.39, 0.29) is 11.9 Å². The molecule has 0 fully saturated rings. The first kappa shape index (κ1) is 20.6. The first-order valence-electron chi connectivity index (χ1n) is 8.32. The number of aliphatic hydroxyl groups is 1. The maximum absolute atomic E-state index is 12.2.